The van der Waals surface area contributed by atoms with Crippen molar-refractivity contribution in [1.29, 1.82) is 0 Å². The lowest BCUT2D eigenvalue weighted by atomic mass is 10.0. The first-order chi connectivity index (χ1) is 9.54. The second-order valence-corrected chi connectivity index (χ2v) is 4.87. The molecule has 0 saturated heterocycles. The molecule has 0 aliphatic carbocycles. The normalized spacial score (nSPS) is 13.8. The van der Waals surface area contributed by atoms with Crippen LogP contribution in [0.5, 0.6) is 5.75 Å². The number of hydrogen-bond donors (Lipinski definition) is 2. The molecule has 0 spiro atoms. The van der Waals surface area contributed by atoms with E-state index in [-0.39, 0.29) is 11.9 Å². The maximum Gasteiger partial charge on any atom is 0.260 e. The highest BCUT2D eigenvalue weighted by atomic mass is 16.5. The average molecular weight is 272 g/mol. The van der Waals surface area contributed by atoms with Crippen LogP contribution in [-0.4, -0.2) is 19.1 Å². The summed E-state index contributed by atoms with van der Waals surface area (Å²) in [6.07, 6.45) is -0.566. The molecular weight excluding hydrogens is 252 g/mol. The highest BCUT2D eigenvalue weighted by Crippen LogP contribution is 2.33. The molecule has 20 heavy (non-hydrogen) atoms. The summed E-state index contributed by atoms with van der Waals surface area (Å²) in [5.41, 5.74) is 6.91. The number of rotatable bonds is 4. The van der Waals surface area contributed by atoms with Crippen LogP contribution >= 0.6 is 0 Å². The van der Waals surface area contributed by atoms with E-state index in [0.29, 0.717) is 5.75 Å². The van der Waals surface area contributed by atoms with Gasteiger partial charge in [0.25, 0.3) is 5.91 Å². The van der Waals surface area contributed by atoms with E-state index in [1.165, 1.54) is 0 Å². The topological polar surface area (TPSA) is 64.3 Å². The molecule has 106 valence electrons. The summed E-state index contributed by atoms with van der Waals surface area (Å²) in [6.45, 7) is 3.63. The number of carbonyl (C=O) groups is 1. The zero-order valence-corrected chi connectivity index (χ0v) is 12.0. The van der Waals surface area contributed by atoms with Gasteiger partial charge in [0, 0.05) is 24.0 Å². The molecule has 4 nitrogen and oxygen atoms in total. The molecule has 0 fully saturated rings. The van der Waals surface area contributed by atoms with E-state index < -0.39 is 6.10 Å². The van der Waals surface area contributed by atoms with Crippen LogP contribution in [0.25, 0.3) is 10.8 Å². The molecule has 3 N–H and O–H groups in total. The van der Waals surface area contributed by atoms with Crippen molar-refractivity contribution in [2.75, 3.05) is 7.05 Å². The van der Waals surface area contributed by atoms with Gasteiger partial charge in [0.1, 0.15) is 5.75 Å². The Labute approximate surface area is 118 Å². The first-order valence-electron chi connectivity index (χ1n) is 6.70. The van der Waals surface area contributed by atoms with Crippen molar-refractivity contribution in [3.05, 3.63) is 42.0 Å². The highest BCUT2D eigenvalue weighted by Gasteiger charge is 2.18. The largest absolute Gasteiger partial charge is 0.480 e. The second-order valence-electron chi connectivity index (χ2n) is 4.87. The van der Waals surface area contributed by atoms with Gasteiger partial charge in [-0.1, -0.05) is 36.4 Å². The lowest BCUT2D eigenvalue weighted by Crippen LogP contribution is -2.34. The molecule has 0 bridgehead atoms. The minimum absolute atomic E-state index is 0.159. The Kier molecular flexibility index (Phi) is 4.25. The lowest BCUT2D eigenvalue weighted by Gasteiger charge is -2.20. The van der Waals surface area contributed by atoms with Crippen LogP contribution in [-0.2, 0) is 4.79 Å². The Hall–Kier alpha value is -2.07. The molecule has 0 aliphatic heterocycles. The van der Waals surface area contributed by atoms with Gasteiger partial charge in [-0.2, -0.15) is 0 Å². The molecule has 1 unspecified atom stereocenters. The number of benzene rings is 2. The maximum atomic E-state index is 11.7. The van der Waals surface area contributed by atoms with Gasteiger partial charge in [-0.25, -0.2) is 0 Å². The summed E-state index contributed by atoms with van der Waals surface area (Å²) in [7, 11) is 1.60. The van der Waals surface area contributed by atoms with Crippen molar-refractivity contribution >= 4 is 16.7 Å². The fourth-order valence-electron chi connectivity index (χ4n) is 2.18. The first kappa shape index (κ1) is 14.3. The van der Waals surface area contributed by atoms with Crippen molar-refractivity contribution in [1.82, 2.24) is 5.32 Å². The van der Waals surface area contributed by atoms with Crippen LogP contribution in [0.2, 0.25) is 0 Å². The van der Waals surface area contributed by atoms with Crippen LogP contribution in [0.1, 0.15) is 25.5 Å². The fourth-order valence-corrected chi connectivity index (χ4v) is 2.18. The summed E-state index contributed by atoms with van der Waals surface area (Å²) < 4.78 is 5.88. The van der Waals surface area contributed by atoms with E-state index in [1.54, 1.807) is 14.0 Å². The molecule has 2 aromatic rings. The number of ether oxygens (including phenoxy) is 1. The van der Waals surface area contributed by atoms with Crippen LogP contribution in [0.3, 0.4) is 0 Å². The molecule has 0 saturated carbocycles. The van der Waals surface area contributed by atoms with E-state index in [9.17, 15) is 4.79 Å². The van der Waals surface area contributed by atoms with Gasteiger partial charge in [-0.05, 0) is 19.2 Å². The third-order valence-electron chi connectivity index (χ3n) is 3.31. The van der Waals surface area contributed by atoms with E-state index in [0.717, 1.165) is 16.3 Å². The Morgan fingerprint density at radius 1 is 1.20 bits per heavy atom. The lowest BCUT2D eigenvalue weighted by molar-refractivity contribution is -0.126. The van der Waals surface area contributed by atoms with Gasteiger partial charge in [0.15, 0.2) is 6.10 Å². The number of nitrogens with two attached hydrogens (primary N) is 1. The van der Waals surface area contributed by atoms with E-state index in [2.05, 4.69) is 5.32 Å². The third kappa shape index (κ3) is 2.75. The zero-order chi connectivity index (χ0) is 14.7. The van der Waals surface area contributed by atoms with E-state index in [1.807, 2.05) is 43.3 Å². The summed E-state index contributed by atoms with van der Waals surface area (Å²) in [5.74, 6) is 0.530. The van der Waals surface area contributed by atoms with Gasteiger partial charge in [-0.3, -0.25) is 4.79 Å². The number of carbonyl (C=O) groups excluding carboxylic acids is 1. The monoisotopic (exact) mass is 272 g/mol. The number of likely N-dealkylation sites (N-methyl/N-ethyl adjacent to an activating group) is 1. The van der Waals surface area contributed by atoms with Crippen LogP contribution in [0.15, 0.2) is 36.4 Å². The van der Waals surface area contributed by atoms with Crippen LogP contribution < -0.4 is 15.8 Å². The molecule has 0 aromatic heterocycles. The van der Waals surface area contributed by atoms with Gasteiger partial charge in [0.2, 0.25) is 0 Å². The molecule has 2 rings (SSSR count). The summed E-state index contributed by atoms with van der Waals surface area (Å²) >= 11 is 0. The number of fused-ring (bicyclic) bond motifs is 1. The predicted octanol–water partition coefficient (Wildman–Crippen LogP) is 2.37. The maximum absolute atomic E-state index is 11.7. The molecule has 0 radical (unpaired) electrons. The third-order valence-corrected chi connectivity index (χ3v) is 3.31. The van der Waals surface area contributed by atoms with Crippen molar-refractivity contribution in [3.63, 3.8) is 0 Å². The minimum atomic E-state index is -0.566. The summed E-state index contributed by atoms with van der Waals surface area (Å²) in [6, 6.07) is 11.7. The summed E-state index contributed by atoms with van der Waals surface area (Å²) in [4.78, 5) is 11.7. The van der Waals surface area contributed by atoms with Gasteiger partial charge in [0.05, 0.1) is 0 Å². The van der Waals surface area contributed by atoms with Crippen molar-refractivity contribution < 1.29 is 9.53 Å². The van der Waals surface area contributed by atoms with Gasteiger partial charge >= 0.3 is 0 Å². The zero-order valence-electron chi connectivity index (χ0n) is 12.0. The second kappa shape index (κ2) is 5.92. The Morgan fingerprint density at radius 2 is 1.90 bits per heavy atom. The van der Waals surface area contributed by atoms with Gasteiger partial charge < -0.3 is 15.8 Å². The predicted molar refractivity (Wildman–Crippen MR) is 80.7 cm³/mol. The van der Waals surface area contributed by atoms with Crippen molar-refractivity contribution in [2.24, 2.45) is 5.73 Å². The Morgan fingerprint density at radius 3 is 2.55 bits per heavy atom. The highest BCUT2D eigenvalue weighted by molar-refractivity contribution is 5.90. The SMILES string of the molecule is CNC(=O)C(C)Oc1c([C@@H](C)N)ccc2ccccc12. The molecule has 1 amide bonds. The smallest absolute Gasteiger partial charge is 0.260 e. The summed E-state index contributed by atoms with van der Waals surface area (Å²) in [5, 5.41) is 4.62. The molecule has 4 heteroatoms. The standard InChI is InChI=1S/C16H20N2O2/c1-10(17)13-9-8-12-6-4-5-7-14(12)15(13)20-11(2)16(19)18-3/h4-11H,17H2,1-3H3,(H,18,19)/t10-,11?/m1/s1. The van der Waals surface area contributed by atoms with Gasteiger partial charge in [-0.15, -0.1) is 0 Å². The van der Waals surface area contributed by atoms with Crippen molar-refractivity contribution in [2.45, 2.75) is 26.0 Å². The number of amides is 1. The minimum Gasteiger partial charge on any atom is -0.480 e. The van der Waals surface area contributed by atoms with Crippen molar-refractivity contribution in [3.8, 4) is 5.75 Å². The molecule has 0 aliphatic rings. The van der Waals surface area contributed by atoms with Crippen LogP contribution in [0.4, 0.5) is 0 Å². The number of hydrogen-bond acceptors (Lipinski definition) is 3. The molecular formula is C16H20N2O2. The van der Waals surface area contributed by atoms with E-state index in [4.69, 9.17) is 10.5 Å². The molecule has 0 heterocycles. The molecule has 2 aromatic carbocycles. The quantitative estimate of drug-likeness (QED) is 0.898. The van der Waals surface area contributed by atoms with Crippen LogP contribution in [0, 0.1) is 0 Å². The fraction of sp³-hybridized carbons (Fsp3) is 0.312. The first-order valence-corrected chi connectivity index (χ1v) is 6.70. The average Bonchev–Trinajstić information content (AvgIpc) is 2.46. The van der Waals surface area contributed by atoms with E-state index >= 15 is 0 Å². The molecule has 2 atom stereocenters. The Bertz CT molecular complexity index is 623. The number of nitrogens with one attached hydrogen (secondary N) is 1. The Balaban J connectivity index is 2.52.